The van der Waals surface area contributed by atoms with Gasteiger partial charge in [-0.15, -0.1) is 0 Å². The fraction of sp³-hybridized carbons (Fsp3) is 0.421. The van der Waals surface area contributed by atoms with E-state index in [4.69, 9.17) is 0 Å². The third-order valence-corrected chi connectivity index (χ3v) is 7.59. The molecule has 6 nitrogen and oxygen atoms in total. The van der Waals surface area contributed by atoms with Crippen molar-refractivity contribution in [2.24, 2.45) is 0 Å². The van der Waals surface area contributed by atoms with E-state index in [2.05, 4.69) is 10.1 Å². The van der Waals surface area contributed by atoms with Crippen molar-refractivity contribution in [3.8, 4) is 11.1 Å². The molecule has 0 bridgehead atoms. The second kappa shape index (κ2) is 6.76. The number of aromatic nitrogens is 3. The summed E-state index contributed by atoms with van der Waals surface area (Å²) in [6, 6.07) is 4.88. The van der Waals surface area contributed by atoms with Gasteiger partial charge in [0.25, 0.3) is 0 Å². The van der Waals surface area contributed by atoms with Gasteiger partial charge in [-0.3, -0.25) is 4.68 Å². The Labute approximate surface area is 158 Å². The molecule has 0 unspecified atom stereocenters. The number of rotatable bonds is 4. The van der Waals surface area contributed by atoms with E-state index in [1.165, 1.54) is 12.1 Å². The Bertz CT molecular complexity index is 1060. The zero-order chi connectivity index (χ0) is 19.2. The van der Waals surface area contributed by atoms with Gasteiger partial charge in [0.2, 0.25) is 10.0 Å². The van der Waals surface area contributed by atoms with Gasteiger partial charge in [0.1, 0.15) is 5.82 Å². The average molecular weight is 390 g/mol. The molecular weight excluding hydrogens is 367 g/mol. The monoisotopic (exact) mass is 390 g/mol. The average Bonchev–Trinajstić information content (AvgIpc) is 3.28. The quantitative estimate of drug-likeness (QED) is 0.741. The molecular formula is C19H23FN4O2S. The van der Waals surface area contributed by atoms with Crippen molar-refractivity contribution < 1.29 is 12.8 Å². The number of hydrogen-bond acceptors (Lipinski definition) is 3. The topological polar surface area (TPSA) is 71.0 Å². The van der Waals surface area contributed by atoms with Crippen molar-refractivity contribution in [3.63, 3.8) is 0 Å². The highest BCUT2D eigenvalue weighted by atomic mass is 32.2. The highest BCUT2D eigenvalue weighted by molar-refractivity contribution is 7.89. The zero-order valence-corrected chi connectivity index (χ0v) is 16.2. The molecule has 1 aliphatic rings. The minimum Gasteiger partial charge on any atom is -0.360 e. The van der Waals surface area contributed by atoms with E-state index in [0.717, 1.165) is 34.9 Å². The Hall–Kier alpha value is -2.19. The van der Waals surface area contributed by atoms with E-state index in [0.29, 0.717) is 13.1 Å². The lowest BCUT2D eigenvalue weighted by Gasteiger charge is -2.32. The normalized spacial score (nSPS) is 17.2. The van der Waals surface area contributed by atoms with Gasteiger partial charge in [0, 0.05) is 47.5 Å². The summed E-state index contributed by atoms with van der Waals surface area (Å²) in [4.78, 5) is 3.10. The first-order valence-electron chi connectivity index (χ1n) is 9.16. The fourth-order valence-corrected chi connectivity index (χ4v) is 4.99. The largest absolute Gasteiger partial charge is 0.360 e. The van der Waals surface area contributed by atoms with Crippen LogP contribution in [0.5, 0.6) is 0 Å². The maximum atomic E-state index is 13.4. The molecule has 4 rings (SSSR count). The third kappa shape index (κ3) is 3.27. The molecule has 0 amide bonds. The summed E-state index contributed by atoms with van der Waals surface area (Å²) in [5.74, 6) is -0.269. The molecule has 3 heterocycles. The van der Waals surface area contributed by atoms with E-state index in [1.54, 1.807) is 24.2 Å². The van der Waals surface area contributed by atoms with Crippen LogP contribution < -0.4 is 0 Å². The smallest absolute Gasteiger partial charge is 0.216 e. The molecule has 1 N–H and O–H groups in total. The fourth-order valence-electron chi connectivity index (χ4n) is 3.67. The summed E-state index contributed by atoms with van der Waals surface area (Å²) in [7, 11) is -3.19. The molecule has 1 aliphatic heterocycles. The van der Waals surface area contributed by atoms with Crippen molar-refractivity contribution in [1.29, 1.82) is 0 Å². The number of piperidine rings is 1. The lowest BCUT2D eigenvalue weighted by atomic mass is 10.1. The van der Waals surface area contributed by atoms with Crippen LogP contribution in [-0.4, -0.2) is 45.8 Å². The van der Waals surface area contributed by atoms with Crippen LogP contribution in [0, 0.1) is 5.82 Å². The first-order chi connectivity index (χ1) is 12.9. The zero-order valence-electron chi connectivity index (χ0n) is 15.4. The van der Waals surface area contributed by atoms with Gasteiger partial charge in [0.15, 0.2) is 0 Å². The summed E-state index contributed by atoms with van der Waals surface area (Å²) in [6.07, 6.45) is 7.15. The van der Waals surface area contributed by atoms with Crippen LogP contribution in [-0.2, 0) is 10.0 Å². The maximum Gasteiger partial charge on any atom is 0.216 e. The summed E-state index contributed by atoms with van der Waals surface area (Å²) < 4.78 is 41.5. The third-order valence-electron chi connectivity index (χ3n) is 5.31. The van der Waals surface area contributed by atoms with Gasteiger partial charge in [-0.25, -0.2) is 17.1 Å². The lowest BCUT2D eigenvalue weighted by molar-refractivity contribution is 0.260. The molecule has 0 spiro atoms. The Morgan fingerprint density at radius 3 is 2.70 bits per heavy atom. The second-order valence-corrected chi connectivity index (χ2v) is 9.81. The molecule has 0 saturated carbocycles. The lowest BCUT2D eigenvalue weighted by Crippen LogP contribution is -2.42. The SMILES string of the molecule is CC(C)S(=O)(=O)N1CCC(n2cc(-c3c[nH]c4cc(F)ccc34)cn2)CC1. The van der Waals surface area contributed by atoms with Crippen LogP contribution in [0.2, 0.25) is 0 Å². The first kappa shape index (κ1) is 18.2. The summed E-state index contributed by atoms with van der Waals surface area (Å²) in [6.45, 7) is 4.47. The van der Waals surface area contributed by atoms with Crippen LogP contribution in [0.4, 0.5) is 4.39 Å². The van der Waals surface area contributed by atoms with E-state index in [-0.39, 0.29) is 11.9 Å². The number of sulfonamides is 1. The standard InChI is InChI=1S/C19H23FN4O2S/c1-13(2)27(25,26)23-7-5-16(6-8-23)24-12-14(10-22-24)18-11-21-19-9-15(20)3-4-17(18)19/h3-4,9-13,16,21H,5-8H2,1-2H3. The molecule has 3 aromatic rings. The summed E-state index contributed by atoms with van der Waals surface area (Å²) in [5.41, 5.74) is 2.70. The number of aromatic amines is 1. The molecule has 1 fully saturated rings. The van der Waals surface area contributed by atoms with Crippen LogP contribution >= 0.6 is 0 Å². The molecule has 144 valence electrons. The van der Waals surface area contributed by atoms with Crippen molar-refractivity contribution in [2.75, 3.05) is 13.1 Å². The number of H-pyrrole nitrogens is 1. The number of nitrogens with zero attached hydrogens (tertiary/aromatic N) is 3. The molecule has 2 aromatic heterocycles. The predicted molar refractivity (Wildman–Crippen MR) is 103 cm³/mol. The Morgan fingerprint density at radius 2 is 2.00 bits per heavy atom. The Morgan fingerprint density at radius 1 is 1.26 bits per heavy atom. The minimum atomic E-state index is -3.19. The van der Waals surface area contributed by atoms with Crippen molar-refractivity contribution in [3.05, 3.63) is 42.6 Å². The van der Waals surface area contributed by atoms with Crippen molar-refractivity contribution in [2.45, 2.75) is 38.0 Å². The van der Waals surface area contributed by atoms with Crippen LogP contribution in [0.15, 0.2) is 36.8 Å². The molecule has 0 radical (unpaired) electrons. The molecule has 1 aromatic carbocycles. The highest BCUT2D eigenvalue weighted by Crippen LogP contribution is 2.31. The van der Waals surface area contributed by atoms with E-state index in [9.17, 15) is 12.8 Å². The minimum absolute atomic E-state index is 0.181. The van der Waals surface area contributed by atoms with Gasteiger partial charge >= 0.3 is 0 Å². The maximum absolute atomic E-state index is 13.4. The first-order valence-corrected chi connectivity index (χ1v) is 10.7. The van der Waals surface area contributed by atoms with Crippen LogP contribution in [0.25, 0.3) is 22.0 Å². The van der Waals surface area contributed by atoms with Gasteiger partial charge in [-0.1, -0.05) is 0 Å². The van der Waals surface area contributed by atoms with Gasteiger partial charge < -0.3 is 4.98 Å². The second-order valence-electron chi connectivity index (χ2n) is 7.33. The van der Waals surface area contributed by atoms with E-state index < -0.39 is 15.3 Å². The number of halogens is 1. The van der Waals surface area contributed by atoms with Gasteiger partial charge in [-0.05, 0) is 44.9 Å². The number of fused-ring (bicyclic) bond motifs is 1. The van der Waals surface area contributed by atoms with Crippen molar-refractivity contribution in [1.82, 2.24) is 19.1 Å². The van der Waals surface area contributed by atoms with E-state index >= 15 is 0 Å². The van der Waals surface area contributed by atoms with Crippen LogP contribution in [0.1, 0.15) is 32.7 Å². The number of hydrogen-bond donors (Lipinski definition) is 1. The molecule has 0 aliphatic carbocycles. The van der Waals surface area contributed by atoms with Crippen molar-refractivity contribution >= 4 is 20.9 Å². The predicted octanol–water partition coefficient (Wildman–Crippen LogP) is 3.55. The molecule has 1 saturated heterocycles. The Balaban J connectivity index is 1.52. The Kier molecular flexibility index (Phi) is 4.55. The molecule has 0 atom stereocenters. The number of nitrogens with one attached hydrogen (secondary N) is 1. The molecule has 27 heavy (non-hydrogen) atoms. The van der Waals surface area contributed by atoms with Gasteiger partial charge in [0.05, 0.1) is 17.5 Å². The molecule has 8 heteroatoms. The summed E-state index contributed by atoms with van der Waals surface area (Å²) >= 11 is 0. The van der Waals surface area contributed by atoms with Crippen LogP contribution in [0.3, 0.4) is 0 Å². The number of benzene rings is 1. The van der Waals surface area contributed by atoms with Gasteiger partial charge in [-0.2, -0.15) is 5.10 Å². The summed E-state index contributed by atoms with van der Waals surface area (Å²) in [5, 5.41) is 5.06. The highest BCUT2D eigenvalue weighted by Gasteiger charge is 2.31. The van der Waals surface area contributed by atoms with E-state index in [1.807, 2.05) is 23.3 Å².